The standard InChI is InChI=1S/C19H16ClNO4S/c1-25-12-7-8-13-15(10-12)26-17(16(13)20)18(22)21-14(19(23)24)9-11-5-3-2-4-6-11/h2-8,10,14H,9H2,1H3,(H,21,22)(H,23,24)/t14-/m0/s1. The Morgan fingerprint density at radius 2 is 1.96 bits per heavy atom. The van der Waals surface area contributed by atoms with Crippen LogP contribution in [0.2, 0.25) is 5.02 Å². The number of aliphatic carboxylic acids is 1. The fraction of sp³-hybridized carbons (Fsp3) is 0.158. The van der Waals surface area contributed by atoms with E-state index in [4.69, 9.17) is 16.3 Å². The molecule has 7 heteroatoms. The van der Waals surface area contributed by atoms with E-state index in [0.29, 0.717) is 10.8 Å². The number of carbonyl (C=O) groups is 2. The molecule has 1 atom stereocenters. The highest BCUT2D eigenvalue weighted by Crippen LogP contribution is 2.37. The number of amides is 1. The highest BCUT2D eigenvalue weighted by molar-refractivity contribution is 7.21. The van der Waals surface area contributed by atoms with Gasteiger partial charge in [-0.05, 0) is 23.8 Å². The number of hydrogen-bond acceptors (Lipinski definition) is 4. The lowest BCUT2D eigenvalue weighted by atomic mass is 10.1. The third-order valence-corrected chi connectivity index (χ3v) is 5.58. The monoisotopic (exact) mass is 389 g/mol. The van der Waals surface area contributed by atoms with Crippen molar-refractivity contribution in [2.75, 3.05) is 7.11 Å². The van der Waals surface area contributed by atoms with Crippen molar-refractivity contribution in [2.24, 2.45) is 0 Å². The molecule has 0 bridgehead atoms. The van der Waals surface area contributed by atoms with Gasteiger partial charge in [-0.1, -0.05) is 41.9 Å². The SMILES string of the molecule is COc1ccc2c(Cl)c(C(=O)N[C@@H](Cc3ccccc3)C(=O)O)sc2c1. The van der Waals surface area contributed by atoms with Gasteiger partial charge in [0.2, 0.25) is 0 Å². The zero-order chi connectivity index (χ0) is 18.7. The Morgan fingerprint density at radius 1 is 1.23 bits per heavy atom. The number of methoxy groups -OCH3 is 1. The quantitative estimate of drug-likeness (QED) is 0.668. The molecule has 0 aliphatic carbocycles. The molecule has 3 aromatic rings. The number of halogens is 1. The zero-order valence-corrected chi connectivity index (χ0v) is 15.4. The fourth-order valence-electron chi connectivity index (χ4n) is 2.59. The first-order chi connectivity index (χ1) is 12.5. The summed E-state index contributed by atoms with van der Waals surface area (Å²) in [5.41, 5.74) is 0.826. The summed E-state index contributed by atoms with van der Waals surface area (Å²) in [4.78, 5) is 24.5. The van der Waals surface area contributed by atoms with E-state index in [2.05, 4.69) is 5.32 Å². The van der Waals surface area contributed by atoms with E-state index in [9.17, 15) is 14.7 Å². The molecule has 1 aromatic heterocycles. The van der Waals surface area contributed by atoms with Crippen molar-refractivity contribution < 1.29 is 19.4 Å². The maximum absolute atomic E-state index is 12.6. The highest BCUT2D eigenvalue weighted by Gasteiger charge is 2.24. The van der Waals surface area contributed by atoms with Gasteiger partial charge in [-0.2, -0.15) is 0 Å². The molecule has 0 saturated carbocycles. The van der Waals surface area contributed by atoms with Gasteiger partial charge in [0.05, 0.1) is 12.1 Å². The van der Waals surface area contributed by atoms with Crippen LogP contribution in [0.25, 0.3) is 10.1 Å². The van der Waals surface area contributed by atoms with Gasteiger partial charge < -0.3 is 15.2 Å². The number of carbonyl (C=O) groups excluding carboxylic acids is 1. The summed E-state index contributed by atoms with van der Waals surface area (Å²) in [6.45, 7) is 0. The summed E-state index contributed by atoms with van der Waals surface area (Å²) in [6, 6.07) is 13.4. The second-order valence-corrected chi connectivity index (χ2v) is 7.09. The average molecular weight is 390 g/mol. The van der Waals surface area contributed by atoms with Crippen LogP contribution in [-0.4, -0.2) is 30.1 Å². The summed E-state index contributed by atoms with van der Waals surface area (Å²) in [5.74, 6) is -0.936. The van der Waals surface area contributed by atoms with Crippen LogP contribution in [0.15, 0.2) is 48.5 Å². The number of hydrogen-bond donors (Lipinski definition) is 2. The van der Waals surface area contributed by atoms with Crippen LogP contribution >= 0.6 is 22.9 Å². The minimum atomic E-state index is -1.10. The topological polar surface area (TPSA) is 75.6 Å². The molecule has 2 aromatic carbocycles. The lowest BCUT2D eigenvalue weighted by Crippen LogP contribution is -2.42. The molecule has 0 aliphatic rings. The van der Waals surface area contributed by atoms with Crippen molar-refractivity contribution in [3.63, 3.8) is 0 Å². The Morgan fingerprint density at radius 3 is 2.62 bits per heavy atom. The summed E-state index contributed by atoms with van der Waals surface area (Å²) in [5, 5.41) is 13.1. The zero-order valence-electron chi connectivity index (χ0n) is 13.9. The second kappa shape index (κ2) is 7.76. The molecule has 0 radical (unpaired) electrons. The molecule has 2 N–H and O–H groups in total. The molecule has 134 valence electrons. The van der Waals surface area contributed by atoms with Gasteiger partial charge in [0, 0.05) is 16.5 Å². The van der Waals surface area contributed by atoms with Crippen LogP contribution in [0.5, 0.6) is 5.75 Å². The van der Waals surface area contributed by atoms with E-state index in [0.717, 1.165) is 15.6 Å². The Bertz CT molecular complexity index is 955. The molecule has 0 fully saturated rings. The Labute approximate surface area is 159 Å². The molecule has 5 nitrogen and oxygen atoms in total. The molecule has 26 heavy (non-hydrogen) atoms. The van der Waals surface area contributed by atoms with Crippen LogP contribution in [-0.2, 0) is 11.2 Å². The molecule has 0 unspecified atom stereocenters. The van der Waals surface area contributed by atoms with Gasteiger partial charge in [-0.15, -0.1) is 11.3 Å². The van der Waals surface area contributed by atoms with Crippen LogP contribution in [0.3, 0.4) is 0 Å². The summed E-state index contributed by atoms with van der Waals surface area (Å²) in [7, 11) is 1.56. The normalized spacial score (nSPS) is 11.9. The van der Waals surface area contributed by atoms with Crippen molar-refractivity contribution in [3.8, 4) is 5.75 Å². The molecule has 0 spiro atoms. The fourth-order valence-corrected chi connectivity index (χ4v) is 4.04. The van der Waals surface area contributed by atoms with Crippen molar-refractivity contribution in [3.05, 3.63) is 64.0 Å². The first-order valence-electron chi connectivity index (χ1n) is 7.83. The first kappa shape index (κ1) is 18.2. The number of carboxylic acid groups (broad SMARTS) is 1. The van der Waals surface area contributed by atoms with Crippen molar-refractivity contribution in [1.29, 1.82) is 0 Å². The van der Waals surface area contributed by atoms with Gasteiger partial charge in [0.1, 0.15) is 16.7 Å². The summed E-state index contributed by atoms with van der Waals surface area (Å²) in [6.07, 6.45) is 0.193. The van der Waals surface area contributed by atoms with Crippen molar-refractivity contribution in [1.82, 2.24) is 5.32 Å². The smallest absolute Gasteiger partial charge is 0.326 e. The van der Waals surface area contributed by atoms with E-state index >= 15 is 0 Å². The predicted molar refractivity (Wildman–Crippen MR) is 102 cm³/mol. The Hall–Kier alpha value is -2.57. The van der Waals surface area contributed by atoms with E-state index in [1.165, 1.54) is 11.3 Å². The minimum Gasteiger partial charge on any atom is -0.497 e. The van der Waals surface area contributed by atoms with Crippen LogP contribution in [0.4, 0.5) is 0 Å². The van der Waals surface area contributed by atoms with Gasteiger partial charge in [-0.3, -0.25) is 4.79 Å². The van der Waals surface area contributed by atoms with E-state index in [1.54, 1.807) is 25.3 Å². The van der Waals surface area contributed by atoms with Gasteiger partial charge in [0.25, 0.3) is 5.91 Å². The van der Waals surface area contributed by atoms with Crippen LogP contribution in [0, 0.1) is 0 Å². The van der Waals surface area contributed by atoms with Crippen molar-refractivity contribution >= 4 is 44.9 Å². The number of thiophene rings is 1. The average Bonchev–Trinajstić information content (AvgIpc) is 2.98. The molecule has 0 aliphatic heterocycles. The third-order valence-electron chi connectivity index (χ3n) is 3.93. The molecule has 0 saturated heterocycles. The molecular formula is C19H16ClNO4S. The van der Waals surface area contributed by atoms with Gasteiger partial charge >= 0.3 is 5.97 Å². The minimum absolute atomic E-state index is 0.193. The highest BCUT2D eigenvalue weighted by atomic mass is 35.5. The summed E-state index contributed by atoms with van der Waals surface area (Å²) >= 11 is 7.54. The number of benzene rings is 2. The van der Waals surface area contributed by atoms with E-state index in [-0.39, 0.29) is 11.3 Å². The van der Waals surface area contributed by atoms with Gasteiger partial charge in [0.15, 0.2) is 0 Å². The molecule has 3 rings (SSSR count). The lowest BCUT2D eigenvalue weighted by Gasteiger charge is -2.14. The Balaban J connectivity index is 1.84. The maximum atomic E-state index is 12.6. The maximum Gasteiger partial charge on any atom is 0.326 e. The molecule has 1 amide bonds. The largest absolute Gasteiger partial charge is 0.497 e. The van der Waals surface area contributed by atoms with Crippen LogP contribution < -0.4 is 10.1 Å². The molecule has 1 heterocycles. The van der Waals surface area contributed by atoms with Gasteiger partial charge in [-0.25, -0.2) is 4.79 Å². The van der Waals surface area contributed by atoms with E-state index in [1.807, 2.05) is 30.3 Å². The van der Waals surface area contributed by atoms with Crippen LogP contribution in [0.1, 0.15) is 15.2 Å². The van der Waals surface area contributed by atoms with Crippen molar-refractivity contribution in [2.45, 2.75) is 12.5 Å². The van der Waals surface area contributed by atoms with E-state index < -0.39 is 17.9 Å². The Kier molecular flexibility index (Phi) is 5.44. The predicted octanol–water partition coefficient (Wildman–Crippen LogP) is 3.99. The summed E-state index contributed by atoms with van der Waals surface area (Å²) < 4.78 is 5.98. The number of ether oxygens (including phenoxy) is 1. The second-order valence-electron chi connectivity index (χ2n) is 5.66. The number of carboxylic acids is 1. The first-order valence-corrected chi connectivity index (χ1v) is 9.02. The number of fused-ring (bicyclic) bond motifs is 1. The number of nitrogens with one attached hydrogen (secondary N) is 1. The number of rotatable bonds is 6. The molecular weight excluding hydrogens is 374 g/mol. The third kappa shape index (κ3) is 3.81. The lowest BCUT2D eigenvalue weighted by molar-refractivity contribution is -0.139.